The van der Waals surface area contributed by atoms with Crippen LogP contribution in [-0.4, -0.2) is 19.2 Å². The Kier molecular flexibility index (Phi) is 7.67. The second-order valence-corrected chi connectivity index (χ2v) is 6.01. The molecule has 0 saturated carbocycles. The Balaban J connectivity index is 1.69. The van der Waals surface area contributed by atoms with E-state index in [1.807, 2.05) is 31.2 Å². The molecule has 2 N–H and O–H groups in total. The van der Waals surface area contributed by atoms with Crippen molar-refractivity contribution in [3.05, 3.63) is 70.8 Å². The van der Waals surface area contributed by atoms with Crippen LogP contribution in [-0.2, 0) is 30.5 Å². The van der Waals surface area contributed by atoms with Gasteiger partial charge in [-0.2, -0.15) is 13.2 Å². The Hall–Kier alpha value is -2.54. The van der Waals surface area contributed by atoms with Crippen molar-refractivity contribution in [2.75, 3.05) is 13.2 Å². The number of amides is 2. The van der Waals surface area contributed by atoms with Gasteiger partial charge in [0.2, 0.25) is 0 Å². The first-order chi connectivity index (χ1) is 12.9. The minimum absolute atomic E-state index is 0.319. The first-order valence-corrected chi connectivity index (χ1v) is 8.72. The number of rotatable bonds is 8. The van der Waals surface area contributed by atoms with Crippen LogP contribution in [0, 0.1) is 0 Å². The molecule has 2 aromatic rings. The number of halogens is 3. The Labute approximate surface area is 156 Å². The summed E-state index contributed by atoms with van der Waals surface area (Å²) in [6.45, 7) is 3.89. The summed E-state index contributed by atoms with van der Waals surface area (Å²) < 4.78 is 42.8. The highest BCUT2D eigenvalue weighted by molar-refractivity contribution is 5.73. The van der Waals surface area contributed by atoms with E-state index in [-0.39, 0.29) is 6.03 Å². The number of urea groups is 1. The fourth-order valence-electron chi connectivity index (χ4n) is 2.40. The Morgan fingerprint density at radius 3 is 2.11 bits per heavy atom. The maximum atomic E-state index is 12.5. The summed E-state index contributed by atoms with van der Waals surface area (Å²) in [5.74, 6) is 0. The van der Waals surface area contributed by atoms with Gasteiger partial charge in [0.25, 0.3) is 0 Å². The van der Waals surface area contributed by atoms with Gasteiger partial charge < -0.3 is 15.4 Å². The zero-order valence-electron chi connectivity index (χ0n) is 15.1. The lowest BCUT2D eigenvalue weighted by atomic mass is 10.1. The van der Waals surface area contributed by atoms with Crippen LogP contribution in [0.5, 0.6) is 0 Å². The summed E-state index contributed by atoms with van der Waals surface area (Å²) in [6.07, 6.45) is -3.88. The lowest BCUT2D eigenvalue weighted by Gasteiger charge is -2.10. The van der Waals surface area contributed by atoms with Crippen LogP contribution in [0.25, 0.3) is 0 Å². The van der Waals surface area contributed by atoms with Crippen LogP contribution in [0.3, 0.4) is 0 Å². The SMILES string of the molecule is CCOCc1ccc(CNC(=O)NCCc2ccc(C(F)(F)F)cc2)cc1. The molecule has 0 unspecified atom stereocenters. The predicted molar refractivity (Wildman–Crippen MR) is 97.2 cm³/mol. The van der Waals surface area contributed by atoms with Gasteiger partial charge in [0.1, 0.15) is 0 Å². The average Bonchev–Trinajstić information content (AvgIpc) is 2.65. The molecule has 146 valence electrons. The number of benzene rings is 2. The Bertz CT molecular complexity index is 714. The van der Waals surface area contributed by atoms with Crippen LogP contribution >= 0.6 is 0 Å². The minimum atomic E-state index is -4.34. The molecule has 4 nitrogen and oxygen atoms in total. The van der Waals surface area contributed by atoms with Crippen LogP contribution in [0.15, 0.2) is 48.5 Å². The third kappa shape index (κ3) is 7.30. The standard InChI is InChI=1S/C20H23F3N2O2/c1-2-27-14-17-5-3-16(4-6-17)13-25-19(26)24-12-11-15-7-9-18(10-8-15)20(21,22)23/h3-10H,2,11-14H2,1H3,(H2,24,25,26). The number of carbonyl (C=O) groups is 1. The number of hydrogen-bond donors (Lipinski definition) is 2. The second-order valence-electron chi connectivity index (χ2n) is 6.01. The molecule has 0 radical (unpaired) electrons. The van der Waals surface area contributed by atoms with E-state index >= 15 is 0 Å². The average molecular weight is 380 g/mol. The van der Waals surface area contributed by atoms with Crippen molar-refractivity contribution in [3.63, 3.8) is 0 Å². The normalized spacial score (nSPS) is 11.3. The maximum Gasteiger partial charge on any atom is 0.416 e. The summed E-state index contributed by atoms with van der Waals surface area (Å²) in [7, 11) is 0. The highest BCUT2D eigenvalue weighted by Gasteiger charge is 2.29. The fraction of sp³-hybridized carbons (Fsp3) is 0.350. The van der Waals surface area contributed by atoms with Crippen LogP contribution < -0.4 is 10.6 Å². The first-order valence-electron chi connectivity index (χ1n) is 8.72. The van der Waals surface area contributed by atoms with Crippen molar-refractivity contribution >= 4 is 6.03 Å². The lowest BCUT2D eigenvalue weighted by molar-refractivity contribution is -0.137. The first kappa shape index (κ1) is 20.8. The van der Waals surface area contributed by atoms with Gasteiger partial charge in [-0.25, -0.2) is 4.79 Å². The molecule has 0 saturated heterocycles. The quantitative estimate of drug-likeness (QED) is 0.718. The molecule has 0 bridgehead atoms. The molecule has 0 aliphatic heterocycles. The van der Waals surface area contributed by atoms with E-state index in [1.54, 1.807) is 0 Å². The van der Waals surface area contributed by atoms with Crippen molar-refractivity contribution < 1.29 is 22.7 Å². The van der Waals surface area contributed by atoms with Crippen LogP contribution in [0.4, 0.5) is 18.0 Å². The van der Waals surface area contributed by atoms with Crippen molar-refractivity contribution in [1.29, 1.82) is 0 Å². The largest absolute Gasteiger partial charge is 0.416 e. The second kappa shape index (κ2) is 9.97. The van der Waals surface area contributed by atoms with E-state index in [0.717, 1.165) is 28.8 Å². The zero-order chi connectivity index (χ0) is 19.7. The Morgan fingerprint density at radius 2 is 1.52 bits per heavy atom. The molecule has 2 aromatic carbocycles. The molecule has 0 spiro atoms. The van der Waals surface area contributed by atoms with Crippen molar-refractivity contribution in [3.8, 4) is 0 Å². The third-order valence-electron chi connectivity index (χ3n) is 3.93. The van der Waals surface area contributed by atoms with Crippen molar-refractivity contribution in [1.82, 2.24) is 10.6 Å². The van der Waals surface area contributed by atoms with Gasteiger partial charge in [-0.05, 0) is 42.2 Å². The molecule has 0 aliphatic rings. The zero-order valence-corrected chi connectivity index (χ0v) is 15.1. The molecular weight excluding hydrogens is 357 g/mol. The van der Waals surface area contributed by atoms with E-state index in [0.29, 0.717) is 32.7 Å². The molecule has 0 fully saturated rings. The van der Waals surface area contributed by atoms with Gasteiger partial charge in [0.05, 0.1) is 12.2 Å². The number of ether oxygens (including phenoxy) is 1. The molecule has 27 heavy (non-hydrogen) atoms. The number of carbonyl (C=O) groups excluding carboxylic acids is 1. The number of hydrogen-bond acceptors (Lipinski definition) is 2. The fourth-order valence-corrected chi connectivity index (χ4v) is 2.40. The molecule has 2 rings (SSSR count). The predicted octanol–water partition coefficient (Wildman–Crippen LogP) is 4.28. The topological polar surface area (TPSA) is 50.4 Å². The van der Waals surface area contributed by atoms with Crippen LogP contribution in [0.1, 0.15) is 29.2 Å². The van der Waals surface area contributed by atoms with Gasteiger partial charge in [-0.15, -0.1) is 0 Å². The van der Waals surface area contributed by atoms with Gasteiger partial charge in [-0.3, -0.25) is 0 Å². The lowest BCUT2D eigenvalue weighted by Crippen LogP contribution is -2.36. The molecule has 7 heteroatoms. The maximum absolute atomic E-state index is 12.5. The van der Waals surface area contributed by atoms with E-state index in [2.05, 4.69) is 10.6 Å². The molecule has 0 aliphatic carbocycles. The number of alkyl halides is 3. The molecule has 0 atom stereocenters. The van der Waals surface area contributed by atoms with E-state index in [1.165, 1.54) is 12.1 Å². The molecule has 0 heterocycles. The summed E-state index contributed by atoms with van der Waals surface area (Å²) in [4.78, 5) is 11.8. The summed E-state index contributed by atoms with van der Waals surface area (Å²) in [6, 6.07) is 12.4. The molecular formula is C20H23F3N2O2. The molecule has 2 amide bonds. The number of nitrogens with one attached hydrogen (secondary N) is 2. The van der Waals surface area contributed by atoms with E-state index in [4.69, 9.17) is 4.74 Å². The smallest absolute Gasteiger partial charge is 0.377 e. The third-order valence-corrected chi connectivity index (χ3v) is 3.93. The monoisotopic (exact) mass is 380 g/mol. The van der Waals surface area contributed by atoms with Gasteiger partial charge >= 0.3 is 12.2 Å². The van der Waals surface area contributed by atoms with Gasteiger partial charge in [-0.1, -0.05) is 36.4 Å². The summed E-state index contributed by atoms with van der Waals surface area (Å²) >= 11 is 0. The van der Waals surface area contributed by atoms with Crippen molar-refractivity contribution in [2.24, 2.45) is 0 Å². The minimum Gasteiger partial charge on any atom is -0.377 e. The highest BCUT2D eigenvalue weighted by Crippen LogP contribution is 2.29. The van der Waals surface area contributed by atoms with Gasteiger partial charge in [0.15, 0.2) is 0 Å². The van der Waals surface area contributed by atoms with Gasteiger partial charge in [0, 0.05) is 19.7 Å². The Morgan fingerprint density at radius 1 is 0.926 bits per heavy atom. The molecule has 0 aromatic heterocycles. The van der Waals surface area contributed by atoms with E-state index in [9.17, 15) is 18.0 Å². The van der Waals surface area contributed by atoms with Crippen molar-refractivity contribution in [2.45, 2.75) is 32.7 Å². The van der Waals surface area contributed by atoms with E-state index < -0.39 is 11.7 Å². The summed E-state index contributed by atoms with van der Waals surface area (Å²) in [5, 5.41) is 5.44. The highest BCUT2D eigenvalue weighted by atomic mass is 19.4. The van der Waals surface area contributed by atoms with Crippen LogP contribution in [0.2, 0.25) is 0 Å². The summed E-state index contributed by atoms with van der Waals surface area (Å²) in [5.41, 5.74) is 2.09.